The van der Waals surface area contributed by atoms with Crippen molar-refractivity contribution in [2.75, 3.05) is 23.5 Å². The van der Waals surface area contributed by atoms with Gasteiger partial charge in [-0.3, -0.25) is 9.69 Å². The highest BCUT2D eigenvalue weighted by Gasteiger charge is 2.33. The van der Waals surface area contributed by atoms with Crippen molar-refractivity contribution < 1.29 is 9.53 Å². The minimum atomic E-state index is -0.106. The lowest BCUT2D eigenvalue weighted by Gasteiger charge is -2.29. The first-order valence-electron chi connectivity index (χ1n) is 9.29. The standard InChI is InChI=1S/C23H20N2O2S2/c1-3-24-17(9-8-16-6-4-5-7-20(16)24)12-15-21-22(26)25(23(28)29-21)18-10-13-19(27-2)14-11-18/h4-15H,3H2,1-2H3. The fraction of sp³-hybridized carbons (Fsp3) is 0.130. The van der Waals surface area contributed by atoms with Crippen LogP contribution in [0.1, 0.15) is 12.5 Å². The first-order chi connectivity index (χ1) is 14.1. The molecule has 1 saturated heterocycles. The van der Waals surface area contributed by atoms with Crippen molar-refractivity contribution in [3.05, 3.63) is 82.9 Å². The molecule has 1 fully saturated rings. The Morgan fingerprint density at radius 1 is 1.07 bits per heavy atom. The molecule has 4 rings (SSSR count). The molecule has 0 aromatic heterocycles. The molecule has 0 bridgehead atoms. The summed E-state index contributed by atoms with van der Waals surface area (Å²) in [6.45, 7) is 2.96. The van der Waals surface area contributed by atoms with E-state index >= 15 is 0 Å². The van der Waals surface area contributed by atoms with Gasteiger partial charge in [-0.25, -0.2) is 0 Å². The van der Waals surface area contributed by atoms with Crippen molar-refractivity contribution in [2.45, 2.75) is 6.92 Å². The van der Waals surface area contributed by atoms with E-state index in [1.165, 1.54) is 23.0 Å². The Kier molecular flexibility index (Phi) is 5.56. The average molecular weight is 421 g/mol. The highest BCUT2D eigenvalue weighted by Crippen LogP contribution is 2.36. The summed E-state index contributed by atoms with van der Waals surface area (Å²) < 4.78 is 5.72. The topological polar surface area (TPSA) is 32.8 Å². The third kappa shape index (κ3) is 3.73. The lowest BCUT2D eigenvalue weighted by atomic mass is 10.1. The molecule has 29 heavy (non-hydrogen) atoms. The van der Waals surface area contributed by atoms with Crippen molar-refractivity contribution in [3.63, 3.8) is 0 Å². The van der Waals surface area contributed by atoms with Crippen molar-refractivity contribution in [2.24, 2.45) is 0 Å². The fourth-order valence-electron chi connectivity index (χ4n) is 3.37. The van der Waals surface area contributed by atoms with Crippen LogP contribution in [0.15, 0.2) is 77.4 Å². The van der Waals surface area contributed by atoms with Crippen LogP contribution in [0.3, 0.4) is 0 Å². The smallest absolute Gasteiger partial charge is 0.270 e. The van der Waals surface area contributed by atoms with E-state index < -0.39 is 0 Å². The Bertz CT molecular complexity index is 1050. The molecular weight excluding hydrogens is 400 g/mol. The fourth-order valence-corrected chi connectivity index (χ4v) is 4.61. The zero-order valence-corrected chi connectivity index (χ0v) is 17.8. The minimum absolute atomic E-state index is 0.106. The molecule has 0 saturated carbocycles. The van der Waals surface area contributed by atoms with Gasteiger partial charge >= 0.3 is 0 Å². The number of anilines is 2. The number of thiocarbonyl (C=S) groups is 1. The number of likely N-dealkylation sites (N-methyl/N-ethyl adjacent to an activating group) is 1. The van der Waals surface area contributed by atoms with Crippen molar-refractivity contribution >= 4 is 51.7 Å². The van der Waals surface area contributed by atoms with Crippen molar-refractivity contribution in [1.82, 2.24) is 0 Å². The predicted octanol–water partition coefficient (Wildman–Crippen LogP) is 5.38. The van der Waals surface area contributed by atoms with E-state index in [2.05, 4.69) is 36.1 Å². The largest absolute Gasteiger partial charge is 0.497 e. The molecule has 0 aliphatic carbocycles. The SMILES string of the molecule is CCN1C(=CC=C2SC(=S)N(c3ccc(OC)cc3)C2=O)C=Cc2ccccc21. The zero-order valence-electron chi connectivity index (χ0n) is 16.2. The molecule has 146 valence electrons. The van der Waals surface area contributed by atoms with E-state index in [0.29, 0.717) is 9.23 Å². The van der Waals surface area contributed by atoms with Crippen molar-refractivity contribution in [1.29, 1.82) is 0 Å². The molecule has 0 unspecified atom stereocenters. The summed E-state index contributed by atoms with van der Waals surface area (Å²) in [7, 11) is 1.61. The summed E-state index contributed by atoms with van der Waals surface area (Å²) in [6.07, 6.45) is 8.02. The van der Waals surface area contributed by atoms with Crippen LogP contribution in [-0.4, -0.2) is 23.9 Å². The monoisotopic (exact) mass is 420 g/mol. The van der Waals surface area contributed by atoms with E-state index in [1.54, 1.807) is 12.0 Å². The molecule has 2 heterocycles. The van der Waals surface area contributed by atoms with Gasteiger partial charge in [-0.2, -0.15) is 0 Å². The van der Waals surface area contributed by atoms with Gasteiger partial charge in [-0.15, -0.1) is 0 Å². The minimum Gasteiger partial charge on any atom is -0.497 e. The summed E-state index contributed by atoms with van der Waals surface area (Å²) >= 11 is 6.78. The van der Waals surface area contributed by atoms with E-state index in [0.717, 1.165) is 23.7 Å². The van der Waals surface area contributed by atoms with Crippen LogP contribution < -0.4 is 14.5 Å². The van der Waals surface area contributed by atoms with Crippen LogP contribution >= 0.6 is 24.0 Å². The summed E-state index contributed by atoms with van der Waals surface area (Å²) in [5, 5.41) is 0. The maximum atomic E-state index is 13.0. The molecule has 0 spiro atoms. The van der Waals surface area contributed by atoms with Crippen LogP contribution in [0.5, 0.6) is 5.75 Å². The Morgan fingerprint density at radius 2 is 1.83 bits per heavy atom. The average Bonchev–Trinajstić information content (AvgIpc) is 3.04. The van der Waals surface area contributed by atoms with Gasteiger partial charge in [0.2, 0.25) is 0 Å². The van der Waals surface area contributed by atoms with Crippen LogP contribution in [0.2, 0.25) is 0 Å². The van der Waals surface area contributed by atoms with Crippen molar-refractivity contribution in [3.8, 4) is 5.75 Å². The van der Waals surface area contributed by atoms with Gasteiger partial charge in [0.25, 0.3) is 5.91 Å². The molecule has 0 N–H and O–H groups in total. The van der Waals surface area contributed by atoms with Gasteiger partial charge in [0.15, 0.2) is 4.32 Å². The molecule has 0 radical (unpaired) electrons. The molecule has 4 nitrogen and oxygen atoms in total. The Morgan fingerprint density at radius 3 is 2.55 bits per heavy atom. The number of rotatable bonds is 4. The van der Waals surface area contributed by atoms with E-state index in [9.17, 15) is 4.79 Å². The van der Waals surface area contributed by atoms with Crippen LogP contribution in [0.25, 0.3) is 6.08 Å². The Balaban J connectivity index is 1.60. The molecule has 2 aliphatic heterocycles. The number of nitrogens with zero attached hydrogens (tertiary/aromatic N) is 2. The predicted molar refractivity (Wildman–Crippen MR) is 125 cm³/mol. The lowest BCUT2D eigenvalue weighted by molar-refractivity contribution is -0.113. The van der Waals surface area contributed by atoms with Gasteiger partial charge in [-0.1, -0.05) is 48.3 Å². The number of ether oxygens (including phenoxy) is 1. The van der Waals surface area contributed by atoms with Gasteiger partial charge in [0.1, 0.15) is 5.75 Å². The van der Waals surface area contributed by atoms with Crippen LogP contribution in [0, 0.1) is 0 Å². The molecule has 6 heteroatoms. The van der Waals surface area contributed by atoms with Gasteiger partial charge < -0.3 is 9.64 Å². The molecule has 2 aliphatic rings. The molecule has 1 amide bonds. The number of allylic oxidation sites excluding steroid dienone is 3. The third-order valence-electron chi connectivity index (χ3n) is 4.82. The first kappa shape index (κ1) is 19.5. The Labute approximate surface area is 180 Å². The first-order valence-corrected chi connectivity index (χ1v) is 10.5. The number of carbonyl (C=O) groups excluding carboxylic acids is 1. The number of hydrogen-bond acceptors (Lipinski definition) is 5. The number of thioether (sulfide) groups is 1. The summed E-state index contributed by atoms with van der Waals surface area (Å²) in [5.74, 6) is 0.633. The second kappa shape index (κ2) is 8.27. The maximum absolute atomic E-state index is 13.0. The van der Waals surface area contributed by atoms with E-state index in [-0.39, 0.29) is 5.91 Å². The van der Waals surface area contributed by atoms with Crippen LogP contribution in [0.4, 0.5) is 11.4 Å². The summed E-state index contributed by atoms with van der Waals surface area (Å²) in [5.41, 5.74) is 4.15. The highest BCUT2D eigenvalue weighted by molar-refractivity contribution is 8.27. The number of amides is 1. The molecule has 2 aromatic carbocycles. The lowest BCUT2D eigenvalue weighted by Crippen LogP contribution is -2.27. The van der Waals surface area contributed by atoms with E-state index in [4.69, 9.17) is 17.0 Å². The second-order valence-electron chi connectivity index (χ2n) is 6.47. The molecule has 2 aromatic rings. The number of benzene rings is 2. The van der Waals surface area contributed by atoms with Gasteiger partial charge in [-0.05, 0) is 61.0 Å². The molecule has 0 atom stereocenters. The normalized spacial score (nSPS) is 18.7. The van der Waals surface area contributed by atoms with E-state index in [1.807, 2.05) is 48.6 Å². The quantitative estimate of drug-likeness (QED) is 0.490. The Hall–Kier alpha value is -2.83. The number of para-hydroxylation sites is 1. The highest BCUT2D eigenvalue weighted by atomic mass is 32.2. The number of hydrogen-bond donors (Lipinski definition) is 0. The van der Waals surface area contributed by atoms with Gasteiger partial charge in [0.05, 0.1) is 17.7 Å². The molecular formula is C23H20N2O2S2. The maximum Gasteiger partial charge on any atom is 0.270 e. The van der Waals surface area contributed by atoms with Gasteiger partial charge in [0, 0.05) is 17.9 Å². The second-order valence-corrected chi connectivity index (χ2v) is 8.14. The summed E-state index contributed by atoms with van der Waals surface area (Å²) in [4.78, 5) is 17.4. The number of fused-ring (bicyclic) bond motifs is 1. The third-order valence-corrected chi connectivity index (χ3v) is 6.14. The summed E-state index contributed by atoms with van der Waals surface area (Å²) in [6, 6.07) is 15.6. The van der Waals surface area contributed by atoms with Crippen LogP contribution in [-0.2, 0) is 4.79 Å². The number of carbonyl (C=O) groups is 1. The number of methoxy groups -OCH3 is 1. The zero-order chi connectivity index (χ0) is 20.4.